The molecular weight excluding hydrogens is 342 g/mol. The Morgan fingerprint density at radius 1 is 1.09 bits per heavy atom. The third-order valence-electron chi connectivity index (χ3n) is 3.25. The van der Waals surface area contributed by atoms with Crippen LogP contribution >= 0.6 is 15.9 Å². The van der Waals surface area contributed by atoms with E-state index in [0.717, 1.165) is 27.0 Å². The quantitative estimate of drug-likeness (QED) is 0.707. The van der Waals surface area contributed by atoms with Gasteiger partial charge in [-0.15, -0.1) is 0 Å². The summed E-state index contributed by atoms with van der Waals surface area (Å²) in [4.78, 5) is 14.0. The molecule has 4 heteroatoms. The molecule has 2 aromatic carbocycles. The first kappa shape index (κ1) is 16.3. The summed E-state index contributed by atoms with van der Waals surface area (Å²) in [6.07, 6.45) is 1.56. The van der Waals surface area contributed by atoms with Crippen molar-refractivity contribution in [3.05, 3.63) is 64.1 Å². The second-order valence-electron chi connectivity index (χ2n) is 4.88. The highest BCUT2D eigenvalue weighted by molar-refractivity contribution is 9.11. The normalized spacial score (nSPS) is 11.2. The van der Waals surface area contributed by atoms with Crippen LogP contribution < -0.4 is 4.90 Å². The lowest BCUT2D eigenvalue weighted by Gasteiger charge is -2.24. The van der Waals surface area contributed by atoms with E-state index in [0.29, 0.717) is 0 Å². The zero-order valence-electron chi connectivity index (χ0n) is 12.8. The molecule has 0 aliphatic heterocycles. The first-order chi connectivity index (χ1) is 10.5. The third kappa shape index (κ3) is 3.57. The minimum absolute atomic E-state index is 0.414. The number of carbonyl (C=O) groups excluding carboxylic acids is 1. The monoisotopic (exact) mass is 359 g/mol. The molecule has 0 unspecified atom stereocenters. The van der Waals surface area contributed by atoms with Gasteiger partial charge in [-0.3, -0.25) is 0 Å². The van der Waals surface area contributed by atoms with E-state index in [4.69, 9.17) is 4.74 Å². The van der Waals surface area contributed by atoms with Gasteiger partial charge < -0.3 is 4.74 Å². The molecule has 1 amide bonds. The maximum atomic E-state index is 12.4. The zero-order chi connectivity index (χ0) is 16.1. The molecule has 0 aliphatic rings. The Kier molecular flexibility index (Phi) is 5.39. The number of benzene rings is 2. The number of para-hydroxylation sites is 2. The van der Waals surface area contributed by atoms with Crippen LogP contribution in [0, 0.1) is 6.92 Å². The van der Waals surface area contributed by atoms with Gasteiger partial charge in [0.15, 0.2) is 0 Å². The van der Waals surface area contributed by atoms with Gasteiger partial charge in [0, 0.05) is 0 Å². The van der Waals surface area contributed by atoms with E-state index < -0.39 is 6.09 Å². The van der Waals surface area contributed by atoms with Gasteiger partial charge in [-0.1, -0.05) is 52.3 Å². The molecule has 3 nitrogen and oxygen atoms in total. The number of amides is 1. The fraction of sp³-hybridized carbons (Fsp3) is 0.167. The standard InChI is InChI=1S/C18H18BrNO2/c1-13-8-4-6-10-16(13)20(18(21)22-3)17-11-7-5-9-15(17)12-14(2)19/h4-12H,1-3H3/b14-12+. The number of carbonyl (C=O) groups is 1. The molecule has 0 bridgehead atoms. The lowest BCUT2D eigenvalue weighted by molar-refractivity contribution is 0.181. The second kappa shape index (κ2) is 7.27. The molecule has 0 saturated carbocycles. The molecule has 0 aromatic heterocycles. The van der Waals surface area contributed by atoms with Gasteiger partial charge in [0.25, 0.3) is 0 Å². The molecule has 0 atom stereocenters. The maximum absolute atomic E-state index is 12.4. The van der Waals surface area contributed by atoms with E-state index in [1.807, 2.05) is 68.5 Å². The average Bonchev–Trinajstić information content (AvgIpc) is 2.50. The summed E-state index contributed by atoms with van der Waals surface area (Å²) >= 11 is 3.45. The summed E-state index contributed by atoms with van der Waals surface area (Å²) in [5.41, 5.74) is 3.53. The molecular formula is C18H18BrNO2. The van der Waals surface area contributed by atoms with Crippen LogP contribution in [0.15, 0.2) is 53.0 Å². The van der Waals surface area contributed by atoms with E-state index in [-0.39, 0.29) is 0 Å². The molecule has 2 aromatic rings. The molecule has 0 heterocycles. The van der Waals surface area contributed by atoms with Crippen molar-refractivity contribution in [2.24, 2.45) is 0 Å². The third-order valence-corrected chi connectivity index (χ3v) is 3.47. The number of aryl methyl sites for hydroxylation is 1. The highest BCUT2D eigenvalue weighted by atomic mass is 79.9. The number of methoxy groups -OCH3 is 1. The molecule has 22 heavy (non-hydrogen) atoms. The molecule has 0 N–H and O–H groups in total. The minimum Gasteiger partial charge on any atom is -0.452 e. The number of rotatable bonds is 3. The average molecular weight is 360 g/mol. The second-order valence-corrected chi connectivity index (χ2v) is 6.13. The Bertz CT molecular complexity index is 706. The molecule has 0 fully saturated rings. The van der Waals surface area contributed by atoms with Crippen LogP contribution in [0.5, 0.6) is 0 Å². The van der Waals surface area contributed by atoms with Crippen LogP contribution in [0.25, 0.3) is 6.08 Å². The molecule has 0 saturated heterocycles. The van der Waals surface area contributed by atoms with Gasteiger partial charge in [-0.25, -0.2) is 9.69 Å². The van der Waals surface area contributed by atoms with Gasteiger partial charge in [0.2, 0.25) is 0 Å². The molecule has 0 aliphatic carbocycles. The molecule has 0 spiro atoms. The fourth-order valence-electron chi connectivity index (χ4n) is 2.26. The van der Waals surface area contributed by atoms with Crippen molar-refractivity contribution in [2.45, 2.75) is 13.8 Å². The number of anilines is 2. The number of allylic oxidation sites excluding steroid dienone is 1. The summed E-state index contributed by atoms with van der Waals surface area (Å²) in [7, 11) is 1.39. The van der Waals surface area contributed by atoms with Crippen LogP contribution in [0.2, 0.25) is 0 Å². The summed E-state index contributed by atoms with van der Waals surface area (Å²) in [5.74, 6) is 0. The minimum atomic E-state index is -0.414. The number of ether oxygens (including phenoxy) is 1. The number of hydrogen-bond donors (Lipinski definition) is 0. The van der Waals surface area contributed by atoms with Crippen molar-refractivity contribution >= 4 is 39.5 Å². The molecule has 0 radical (unpaired) electrons. The Hall–Kier alpha value is -2.07. The Labute approximate surface area is 139 Å². The predicted molar refractivity (Wildman–Crippen MR) is 94.7 cm³/mol. The lowest BCUT2D eigenvalue weighted by Crippen LogP contribution is -2.27. The Morgan fingerprint density at radius 3 is 2.27 bits per heavy atom. The van der Waals surface area contributed by atoms with Crippen LogP contribution in [-0.4, -0.2) is 13.2 Å². The molecule has 114 valence electrons. The van der Waals surface area contributed by atoms with Gasteiger partial charge in [-0.2, -0.15) is 0 Å². The van der Waals surface area contributed by atoms with E-state index in [9.17, 15) is 4.79 Å². The van der Waals surface area contributed by atoms with Crippen molar-refractivity contribution in [3.8, 4) is 0 Å². The SMILES string of the molecule is COC(=O)N(c1ccccc1C)c1ccccc1/C=C(\C)Br. The summed E-state index contributed by atoms with van der Waals surface area (Å²) in [6.45, 7) is 3.92. The van der Waals surface area contributed by atoms with Crippen LogP contribution in [0.4, 0.5) is 16.2 Å². The topological polar surface area (TPSA) is 29.5 Å². The van der Waals surface area contributed by atoms with E-state index in [1.165, 1.54) is 7.11 Å². The first-order valence-corrected chi connectivity index (χ1v) is 7.70. The Balaban J connectivity index is 2.64. The summed E-state index contributed by atoms with van der Waals surface area (Å²) in [6, 6.07) is 15.5. The van der Waals surface area contributed by atoms with E-state index >= 15 is 0 Å². The lowest BCUT2D eigenvalue weighted by atomic mass is 10.1. The van der Waals surface area contributed by atoms with Crippen molar-refractivity contribution in [1.29, 1.82) is 0 Å². The van der Waals surface area contributed by atoms with Crippen molar-refractivity contribution in [3.63, 3.8) is 0 Å². The zero-order valence-corrected chi connectivity index (χ0v) is 14.4. The smallest absolute Gasteiger partial charge is 0.418 e. The highest BCUT2D eigenvalue weighted by Gasteiger charge is 2.21. The van der Waals surface area contributed by atoms with Gasteiger partial charge in [-0.05, 0) is 47.7 Å². The van der Waals surface area contributed by atoms with Crippen LogP contribution in [0.3, 0.4) is 0 Å². The predicted octanol–water partition coefficient (Wildman–Crippen LogP) is 5.66. The van der Waals surface area contributed by atoms with Crippen molar-refractivity contribution < 1.29 is 9.53 Å². The first-order valence-electron chi connectivity index (χ1n) is 6.91. The Morgan fingerprint density at radius 2 is 1.68 bits per heavy atom. The van der Waals surface area contributed by atoms with E-state index in [2.05, 4.69) is 15.9 Å². The van der Waals surface area contributed by atoms with Crippen LogP contribution in [0.1, 0.15) is 18.1 Å². The number of nitrogens with zero attached hydrogens (tertiary/aromatic N) is 1. The summed E-state index contributed by atoms with van der Waals surface area (Å²) in [5, 5.41) is 0. The maximum Gasteiger partial charge on any atom is 0.418 e. The highest BCUT2D eigenvalue weighted by Crippen LogP contribution is 2.33. The fourth-order valence-corrected chi connectivity index (χ4v) is 2.51. The van der Waals surface area contributed by atoms with Crippen LogP contribution in [-0.2, 0) is 4.74 Å². The number of halogens is 1. The van der Waals surface area contributed by atoms with E-state index in [1.54, 1.807) is 4.90 Å². The summed E-state index contributed by atoms with van der Waals surface area (Å²) < 4.78 is 5.97. The van der Waals surface area contributed by atoms with Gasteiger partial charge in [0.1, 0.15) is 0 Å². The number of hydrogen-bond acceptors (Lipinski definition) is 2. The van der Waals surface area contributed by atoms with Gasteiger partial charge in [0.05, 0.1) is 18.5 Å². The largest absolute Gasteiger partial charge is 0.452 e. The van der Waals surface area contributed by atoms with Gasteiger partial charge >= 0.3 is 6.09 Å². The molecule has 2 rings (SSSR count). The van der Waals surface area contributed by atoms with Crippen molar-refractivity contribution in [2.75, 3.05) is 12.0 Å². The van der Waals surface area contributed by atoms with Crippen molar-refractivity contribution in [1.82, 2.24) is 0 Å².